The van der Waals surface area contributed by atoms with Crippen molar-refractivity contribution in [3.05, 3.63) is 76.8 Å². The smallest absolute Gasteiger partial charge is 0.308 e. The number of amides is 2. The molecule has 3 rings (SSSR count). The Bertz CT molecular complexity index is 928. The molecule has 1 unspecified atom stereocenters. The number of piperazine rings is 1. The van der Waals surface area contributed by atoms with Crippen molar-refractivity contribution in [2.75, 3.05) is 19.7 Å². The van der Waals surface area contributed by atoms with E-state index >= 15 is 0 Å². The van der Waals surface area contributed by atoms with Crippen molar-refractivity contribution in [3.63, 3.8) is 0 Å². The number of carbonyl (C=O) groups is 3. The molecule has 2 aromatic rings. The highest BCUT2D eigenvalue weighted by Crippen LogP contribution is 2.14. The summed E-state index contributed by atoms with van der Waals surface area (Å²) in [5.41, 5.74) is 1.99. The predicted octanol–water partition coefficient (Wildman–Crippen LogP) is 3.25. The van der Waals surface area contributed by atoms with Crippen LogP contribution < -0.4 is 5.32 Å². The van der Waals surface area contributed by atoms with Gasteiger partial charge < -0.3 is 15.0 Å². The molecule has 1 heterocycles. The SMILES string of the molecule is O=C(CC1C(=O)NCCN1C(=O)/C=C/c1ccc(Cl)cc1)OCCCc1ccccc1. The molecule has 0 saturated carbocycles. The minimum atomic E-state index is -0.877. The molecule has 0 aliphatic carbocycles. The van der Waals surface area contributed by atoms with Gasteiger partial charge in [0.15, 0.2) is 0 Å². The van der Waals surface area contributed by atoms with Crippen LogP contribution in [0.1, 0.15) is 24.0 Å². The Morgan fingerprint density at radius 2 is 1.87 bits per heavy atom. The molecule has 0 spiro atoms. The number of halogens is 1. The standard InChI is InChI=1S/C24H25ClN2O4/c25-20-11-8-19(9-12-20)10-13-22(28)27-15-14-26-24(30)21(27)17-23(29)31-16-4-7-18-5-2-1-3-6-18/h1-3,5-6,8-13,21H,4,7,14-17H2,(H,26,30)/b13-10+. The lowest BCUT2D eigenvalue weighted by Gasteiger charge is -2.33. The highest BCUT2D eigenvalue weighted by atomic mass is 35.5. The molecule has 1 N–H and O–H groups in total. The van der Waals surface area contributed by atoms with Crippen LogP contribution in [0.15, 0.2) is 60.7 Å². The molecule has 0 aromatic heterocycles. The Morgan fingerprint density at radius 1 is 1.13 bits per heavy atom. The Labute approximate surface area is 186 Å². The van der Waals surface area contributed by atoms with Gasteiger partial charge in [0.05, 0.1) is 13.0 Å². The van der Waals surface area contributed by atoms with Crippen LogP contribution in [-0.4, -0.2) is 48.4 Å². The lowest BCUT2D eigenvalue weighted by Crippen LogP contribution is -2.57. The maximum absolute atomic E-state index is 12.7. The van der Waals surface area contributed by atoms with Crippen LogP contribution in [0.25, 0.3) is 6.08 Å². The monoisotopic (exact) mass is 440 g/mol. The van der Waals surface area contributed by atoms with Crippen molar-refractivity contribution in [1.82, 2.24) is 10.2 Å². The van der Waals surface area contributed by atoms with E-state index in [9.17, 15) is 14.4 Å². The van der Waals surface area contributed by atoms with Gasteiger partial charge in [-0.15, -0.1) is 0 Å². The van der Waals surface area contributed by atoms with Crippen molar-refractivity contribution < 1.29 is 19.1 Å². The van der Waals surface area contributed by atoms with Crippen LogP contribution in [0.2, 0.25) is 5.02 Å². The van der Waals surface area contributed by atoms with E-state index in [1.807, 2.05) is 30.3 Å². The zero-order valence-electron chi connectivity index (χ0n) is 17.1. The molecule has 1 fully saturated rings. The Morgan fingerprint density at radius 3 is 2.61 bits per heavy atom. The minimum Gasteiger partial charge on any atom is -0.466 e. The van der Waals surface area contributed by atoms with Crippen LogP contribution in [0.5, 0.6) is 0 Å². The molecular weight excluding hydrogens is 416 g/mol. The van der Waals surface area contributed by atoms with Gasteiger partial charge in [0, 0.05) is 24.2 Å². The molecule has 162 valence electrons. The van der Waals surface area contributed by atoms with Crippen molar-refractivity contribution in [2.45, 2.75) is 25.3 Å². The number of hydrogen-bond acceptors (Lipinski definition) is 4. The van der Waals surface area contributed by atoms with E-state index in [1.165, 1.54) is 16.5 Å². The Kier molecular flexibility index (Phi) is 8.24. The fraction of sp³-hybridized carbons (Fsp3) is 0.292. The number of hydrogen-bond donors (Lipinski definition) is 1. The summed E-state index contributed by atoms with van der Waals surface area (Å²) in [6, 6.07) is 16.1. The first-order chi connectivity index (χ1) is 15.0. The first-order valence-electron chi connectivity index (χ1n) is 10.2. The van der Waals surface area contributed by atoms with Gasteiger partial charge in [0.25, 0.3) is 0 Å². The minimum absolute atomic E-state index is 0.169. The number of ether oxygens (including phenoxy) is 1. The lowest BCUT2D eigenvalue weighted by atomic mass is 10.1. The molecular formula is C24H25ClN2O4. The molecule has 1 saturated heterocycles. The van der Waals surface area contributed by atoms with Gasteiger partial charge in [-0.05, 0) is 42.2 Å². The normalized spacial score (nSPS) is 16.2. The Balaban J connectivity index is 1.52. The summed E-state index contributed by atoms with van der Waals surface area (Å²) in [5.74, 6) is -1.16. The highest BCUT2D eigenvalue weighted by Gasteiger charge is 2.34. The zero-order valence-corrected chi connectivity index (χ0v) is 17.9. The fourth-order valence-electron chi connectivity index (χ4n) is 3.34. The molecule has 1 aliphatic rings. The van der Waals surface area contributed by atoms with E-state index in [0.717, 1.165) is 12.0 Å². The summed E-state index contributed by atoms with van der Waals surface area (Å²) in [7, 11) is 0. The van der Waals surface area contributed by atoms with E-state index in [-0.39, 0.29) is 24.8 Å². The molecule has 31 heavy (non-hydrogen) atoms. The van der Waals surface area contributed by atoms with E-state index in [4.69, 9.17) is 16.3 Å². The van der Waals surface area contributed by atoms with Crippen molar-refractivity contribution in [3.8, 4) is 0 Å². The van der Waals surface area contributed by atoms with Gasteiger partial charge in [-0.25, -0.2) is 0 Å². The van der Waals surface area contributed by atoms with Crippen LogP contribution >= 0.6 is 11.6 Å². The zero-order chi connectivity index (χ0) is 22.1. The van der Waals surface area contributed by atoms with Gasteiger partial charge >= 0.3 is 5.97 Å². The molecule has 1 atom stereocenters. The average Bonchev–Trinajstić information content (AvgIpc) is 2.78. The number of aryl methyl sites for hydroxylation is 1. The predicted molar refractivity (Wildman–Crippen MR) is 119 cm³/mol. The van der Waals surface area contributed by atoms with Crippen LogP contribution in [-0.2, 0) is 25.5 Å². The number of benzene rings is 2. The third-order valence-corrected chi connectivity index (χ3v) is 5.23. The second kappa shape index (κ2) is 11.3. The molecule has 0 radical (unpaired) electrons. The van der Waals surface area contributed by atoms with E-state index in [0.29, 0.717) is 24.5 Å². The van der Waals surface area contributed by atoms with Crippen LogP contribution in [0, 0.1) is 0 Å². The van der Waals surface area contributed by atoms with Crippen molar-refractivity contribution in [2.24, 2.45) is 0 Å². The summed E-state index contributed by atoms with van der Waals surface area (Å²) in [4.78, 5) is 38.7. The topological polar surface area (TPSA) is 75.7 Å². The second-order valence-electron chi connectivity index (χ2n) is 7.24. The molecule has 2 amide bonds. The fourth-order valence-corrected chi connectivity index (χ4v) is 3.47. The molecule has 0 bridgehead atoms. The number of carbonyl (C=O) groups excluding carboxylic acids is 3. The summed E-state index contributed by atoms with van der Waals surface area (Å²) < 4.78 is 5.30. The summed E-state index contributed by atoms with van der Waals surface area (Å²) in [5, 5.41) is 3.32. The van der Waals surface area contributed by atoms with E-state index in [2.05, 4.69) is 5.32 Å². The van der Waals surface area contributed by atoms with Crippen LogP contribution in [0.4, 0.5) is 0 Å². The van der Waals surface area contributed by atoms with Gasteiger partial charge in [0.2, 0.25) is 11.8 Å². The quantitative estimate of drug-likeness (QED) is 0.388. The Hall–Kier alpha value is -3.12. The third-order valence-electron chi connectivity index (χ3n) is 4.98. The number of rotatable bonds is 8. The maximum Gasteiger partial charge on any atom is 0.308 e. The van der Waals surface area contributed by atoms with Gasteiger partial charge in [0.1, 0.15) is 6.04 Å². The number of nitrogens with zero attached hydrogens (tertiary/aromatic N) is 1. The summed E-state index contributed by atoms with van der Waals surface area (Å²) in [6.07, 6.45) is 4.39. The maximum atomic E-state index is 12.7. The first-order valence-corrected chi connectivity index (χ1v) is 10.6. The lowest BCUT2D eigenvalue weighted by molar-refractivity contribution is -0.150. The van der Waals surface area contributed by atoms with Crippen molar-refractivity contribution >= 4 is 35.5 Å². The highest BCUT2D eigenvalue weighted by molar-refractivity contribution is 6.30. The molecule has 1 aliphatic heterocycles. The molecule has 6 nitrogen and oxygen atoms in total. The van der Waals surface area contributed by atoms with Crippen molar-refractivity contribution in [1.29, 1.82) is 0 Å². The molecule has 7 heteroatoms. The number of esters is 1. The van der Waals surface area contributed by atoms with Gasteiger partial charge in [-0.3, -0.25) is 14.4 Å². The first kappa shape index (κ1) is 22.6. The van der Waals surface area contributed by atoms with Gasteiger partial charge in [-0.2, -0.15) is 0 Å². The number of nitrogens with one attached hydrogen (secondary N) is 1. The summed E-state index contributed by atoms with van der Waals surface area (Å²) >= 11 is 5.87. The van der Waals surface area contributed by atoms with Crippen LogP contribution in [0.3, 0.4) is 0 Å². The van der Waals surface area contributed by atoms with E-state index < -0.39 is 12.0 Å². The van der Waals surface area contributed by atoms with E-state index in [1.54, 1.807) is 30.3 Å². The van der Waals surface area contributed by atoms with Gasteiger partial charge in [-0.1, -0.05) is 54.1 Å². The summed E-state index contributed by atoms with van der Waals surface area (Å²) in [6.45, 7) is 0.954. The average molecular weight is 441 g/mol. The third kappa shape index (κ3) is 6.96. The second-order valence-corrected chi connectivity index (χ2v) is 7.67. The molecule has 2 aromatic carbocycles. The largest absolute Gasteiger partial charge is 0.466 e.